The van der Waals surface area contributed by atoms with E-state index in [0.717, 1.165) is 19.3 Å². The van der Waals surface area contributed by atoms with E-state index >= 15 is 0 Å². The Hall–Kier alpha value is -2.14. The molecule has 1 aliphatic heterocycles. The summed E-state index contributed by atoms with van der Waals surface area (Å²) in [6.07, 6.45) is 6.83. The van der Waals surface area contributed by atoms with E-state index in [1.807, 2.05) is 18.2 Å². The van der Waals surface area contributed by atoms with Crippen LogP contribution in [0.4, 0.5) is 0 Å². The zero-order valence-corrected chi connectivity index (χ0v) is 15.3. The molecule has 1 heterocycles. The van der Waals surface area contributed by atoms with Gasteiger partial charge in [-0.3, -0.25) is 4.79 Å². The van der Waals surface area contributed by atoms with E-state index in [9.17, 15) is 14.7 Å². The molecule has 5 heteroatoms. The first-order chi connectivity index (χ1) is 12.5. The number of aliphatic hydroxyl groups excluding tert-OH is 1. The van der Waals surface area contributed by atoms with E-state index in [-0.39, 0.29) is 24.1 Å². The summed E-state index contributed by atoms with van der Waals surface area (Å²) in [6.45, 7) is 1.39. The molecule has 0 spiro atoms. The number of rotatable bonds is 10. The third-order valence-corrected chi connectivity index (χ3v) is 4.42. The standard InChI is InChI=1S/C21H28O5/c1-16(22)25-19(11-6-5-10-17-8-3-2-4-9-17)14-18(23)15-20-12-7-13-21(24)26-20/h2-4,7-9,13,18-20,23H,5-6,10-12,14-15H2,1H3/t18-,19-,20-/m1/s1. The molecule has 0 saturated heterocycles. The fourth-order valence-corrected chi connectivity index (χ4v) is 3.22. The first-order valence-corrected chi connectivity index (χ1v) is 9.29. The second-order valence-electron chi connectivity index (χ2n) is 6.79. The van der Waals surface area contributed by atoms with E-state index in [4.69, 9.17) is 9.47 Å². The molecular formula is C21H28O5. The second-order valence-corrected chi connectivity index (χ2v) is 6.79. The average molecular weight is 360 g/mol. The number of carbonyl (C=O) groups is 2. The Morgan fingerprint density at radius 1 is 1.31 bits per heavy atom. The summed E-state index contributed by atoms with van der Waals surface area (Å²) in [6, 6.07) is 10.3. The Balaban J connectivity index is 1.73. The maximum absolute atomic E-state index is 11.3. The van der Waals surface area contributed by atoms with Crippen molar-refractivity contribution in [2.45, 2.75) is 70.2 Å². The highest BCUT2D eigenvalue weighted by molar-refractivity contribution is 5.82. The predicted octanol–water partition coefficient (Wildman–Crippen LogP) is 3.34. The summed E-state index contributed by atoms with van der Waals surface area (Å²) in [5.74, 6) is -0.705. The van der Waals surface area contributed by atoms with Gasteiger partial charge in [0.15, 0.2) is 0 Å². The summed E-state index contributed by atoms with van der Waals surface area (Å²) in [5, 5.41) is 10.3. The van der Waals surface area contributed by atoms with Crippen molar-refractivity contribution in [3.05, 3.63) is 48.0 Å². The van der Waals surface area contributed by atoms with Gasteiger partial charge >= 0.3 is 11.9 Å². The smallest absolute Gasteiger partial charge is 0.330 e. The van der Waals surface area contributed by atoms with Crippen LogP contribution in [0.3, 0.4) is 0 Å². The van der Waals surface area contributed by atoms with Crippen LogP contribution in [0.5, 0.6) is 0 Å². The van der Waals surface area contributed by atoms with Crippen LogP contribution >= 0.6 is 0 Å². The minimum atomic E-state index is -0.669. The SMILES string of the molecule is CC(=O)O[C@H](CCCCc1ccccc1)C[C@@H](O)C[C@H]1CC=CC(=O)O1. The molecule has 0 fully saturated rings. The number of aliphatic hydroxyl groups is 1. The van der Waals surface area contributed by atoms with Crippen LogP contribution in [0.1, 0.15) is 51.0 Å². The molecule has 26 heavy (non-hydrogen) atoms. The Bertz CT molecular complexity index is 596. The first-order valence-electron chi connectivity index (χ1n) is 9.29. The number of carbonyl (C=O) groups excluding carboxylic acids is 2. The first kappa shape index (κ1) is 20.2. The van der Waals surface area contributed by atoms with E-state index in [1.165, 1.54) is 18.6 Å². The number of unbranched alkanes of at least 4 members (excludes halogenated alkanes) is 1. The molecule has 0 aromatic heterocycles. The zero-order chi connectivity index (χ0) is 18.8. The van der Waals surface area contributed by atoms with E-state index in [0.29, 0.717) is 25.7 Å². The van der Waals surface area contributed by atoms with Crippen molar-refractivity contribution in [1.82, 2.24) is 0 Å². The Labute approximate surface area is 155 Å². The molecule has 142 valence electrons. The highest BCUT2D eigenvalue weighted by Crippen LogP contribution is 2.19. The minimum Gasteiger partial charge on any atom is -0.462 e. The fourth-order valence-electron chi connectivity index (χ4n) is 3.22. The van der Waals surface area contributed by atoms with Crippen molar-refractivity contribution < 1.29 is 24.2 Å². The third kappa shape index (κ3) is 7.83. The molecule has 3 atom stereocenters. The van der Waals surface area contributed by atoms with Crippen LogP contribution in [0.2, 0.25) is 0 Å². The van der Waals surface area contributed by atoms with Gasteiger partial charge in [-0.1, -0.05) is 36.4 Å². The summed E-state index contributed by atoms with van der Waals surface area (Å²) in [4.78, 5) is 22.6. The number of aryl methyl sites for hydroxylation is 1. The van der Waals surface area contributed by atoms with Gasteiger partial charge in [-0.05, 0) is 31.2 Å². The summed E-state index contributed by atoms with van der Waals surface area (Å²) < 4.78 is 10.5. The van der Waals surface area contributed by atoms with Crippen LogP contribution in [0.15, 0.2) is 42.5 Å². The van der Waals surface area contributed by atoms with E-state index < -0.39 is 6.10 Å². The maximum Gasteiger partial charge on any atom is 0.330 e. The largest absolute Gasteiger partial charge is 0.462 e. The lowest BCUT2D eigenvalue weighted by Gasteiger charge is -2.24. The summed E-state index contributed by atoms with van der Waals surface area (Å²) >= 11 is 0. The molecule has 0 radical (unpaired) electrons. The molecule has 1 aromatic carbocycles. The second kappa shape index (κ2) is 10.8. The maximum atomic E-state index is 11.3. The molecule has 1 aliphatic rings. The zero-order valence-electron chi connectivity index (χ0n) is 15.3. The van der Waals surface area contributed by atoms with Crippen molar-refractivity contribution in [2.24, 2.45) is 0 Å². The van der Waals surface area contributed by atoms with Crippen molar-refractivity contribution in [3.63, 3.8) is 0 Å². The molecule has 0 aliphatic carbocycles. The molecule has 0 saturated carbocycles. The van der Waals surface area contributed by atoms with Gasteiger partial charge in [-0.15, -0.1) is 0 Å². The normalized spacial score (nSPS) is 18.8. The van der Waals surface area contributed by atoms with Crippen molar-refractivity contribution in [3.8, 4) is 0 Å². The monoisotopic (exact) mass is 360 g/mol. The highest BCUT2D eigenvalue weighted by Gasteiger charge is 2.23. The lowest BCUT2D eigenvalue weighted by Crippen LogP contribution is -2.29. The molecule has 1 N–H and O–H groups in total. The number of hydrogen-bond acceptors (Lipinski definition) is 5. The molecule has 0 amide bonds. The molecule has 1 aromatic rings. The highest BCUT2D eigenvalue weighted by atomic mass is 16.5. The summed E-state index contributed by atoms with van der Waals surface area (Å²) in [7, 11) is 0. The van der Waals surface area contributed by atoms with Gasteiger partial charge in [0.2, 0.25) is 0 Å². The van der Waals surface area contributed by atoms with E-state index in [1.54, 1.807) is 6.08 Å². The number of cyclic esters (lactones) is 1. The van der Waals surface area contributed by atoms with Crippen LogP contribution in [0, 0.1) is 0 Å². The molecule has 5 nitrogen and oxygen atoms in total. The third-order valence-electron chi connectivity index (χ3n) is 4.42. The minimum absolute atomic E-state index is 0.307. The number of benzene rings is 1. The van der Waals surface area contributed by atoms with Crippen LogP contribution < -0.4 is 0 Å². The van der Waals surface area contributed by atoms with Crippen LogP contribution in [-0.2, 0) is 25.5 Å². The lowest BCUT2D eigenvalue weighted by atomic mass is 9.98. The van der Waals surface area contributed by atoms with Crippen molar-refractivity contribution >= 4 is 11.9 Å². The Kier molecular flexibility index (Phi) is 8.35. The molecule has 0 unspecified atom stereocenters. The van der Waals surface area contributed by atoms with E-state index in [2.05, 4.69) is 12.1 Å². The average Bonchev–Trinajstić information content (AvgIpc) is 2.59. The van der Waals surface area contributed by atoms with Gasteiger partial charge in [0.1, 0.15) is 12.2 Å². The van der Waals surface area contributed by atoms with Gasteiger partial charge in [0.25, 0.3) is 0 Å². The Morgan fingerprint density at radius 2 is 2.08 bits per heavy atom. The van der Waals surface area contributed by atoms with Crippen molar-refractivity contribution in [2.75, 3.05) is 0 Å². The summed E-state index contributed by atoms with van der Waals surface area (Å²) in [5.41, 5.74) is 1.30. The predicted molar refractivity (Wildman–Crippen MR) is 98.4 cm³/mol. The quantitative estimate of drug-likeness (QED) is 0.512. The number of hydrogen-bond donors (Lipinski definition) is 1. The Morgan fingerprint density at radius 3 is 2.77 bits per heavy atom. The molecular weight excluding hydrogens is 332 g/mol. The van der Waals surface area contributed by atoms with Crippen LogP contribution in [0.25, 0.3) is 0 Å². The van der Waals surface area contributed by atoms with Gasteiger partial charge < -0.3 is 14.6 Å². The van der Waals surface area contributed by atoms with Gasteiger partial charge in [-0.25, -0.2) is 4.79 Å². The van der Waals surface area contributed by atoms with Crippen molar-refractivity contribution in [1.29, 1.82) is 0 Å². The van der Waals surface area contributed by atoms with Gasteiger partial charge in [0.05, 0.1) is 6.10 Å². The topological polar surface area (TPSA) is 72.8 Å². The van der Waals surface area contributed by atoms with Crippen LogP contribution in [-0.4, -0.2) is 35.4 Å². The number of esters is 2. The van der Waals surface area contributed by atoms with Gasteiger partial charge in [-0.2, -0.15) is 0 Å². The molecule has 0 bridgehead atoms. The number of ether oxygens (including phenoxy) is 2. The fraction of sp³-hybridized carbons (Fsp3) is 0.524. The molecule has 2 rings (SSSR count). The van der Waals surface area contributed by atoms with Gasteiger partial charge in [0, 0.05) is 32.3 Å². The lowest BCUT2D eigenvalue weighted by molar-refractivity contribution is -0.148.